The van der Waals surface area contributed by atoms with Gasteiger partial charge in [0, 0.05) is 12.3 Å². The molecule has 2 fully saturated rings. The van der Waals surface area contributed by atoms with Gasteiger partial charge < -0.3 is 5.11 Å². The summed E-state index contributed by atoms with van der Waals surface area (Å²) >= 11 is 0. The molecule has 2 aliphatic rings. The molecule has 0 amide bonds. The molecule has 1 unspecified atom stereocenters. The van der Waals surface area contributed by atoms with Gasteiger partial charge in [-0.15, -0.1) is 0 Å². The molecule has 0 aromatic carbocycles. The molecule has 1 N–H and O–H groups in total. The summed E-state index contributed by atoms with van der Waals surface area (Å²) in [6.07, 6.45) is -9.51. The third kappa shape index (κ3) is 7.13. The Balaban J connectivity index is 2.16. The Morgan fingerprint density at radius 1 is 0.743 bits per heavy atom. The van der Waals surface area contributed by atoms with E-state index in [9.17, 15) is 53.4 Å². The zero-order valence-corrected chi connectivity index (χ0v) is 18.8. The number of halogens is 11. The van der Waals surface area contributed by atoms with Crippen LogP contribution in [-0.4, -0.2) is 29.0 Å². The van der Waals surface area contributed by atoms with Crippen LogP contribution in [0.3, 0.4) is 0 Å². The fourth-order valence-corrected chi connectivity index (χ4v) is 5.26. The van der Waals surface area contributed by atoms with Gasteiger partial charge >= 0.3 is 24.4 Å². The number of alkyl halides is 8. The second-order valence-electron chi connectivity index (χ2n) is 9.69. The minimum atomic E-state index is -6.45. The Morgan fingerprint density at radius 2 is 1.23 bits per heavy atom. The molecule has 0 aromatic heterocycles. The Kier molecular flexibility index (Phi) is 9.72. The molecule has 35 heavy (non-hydrogen) atoms. The van der Waals surface area contributed by atoms with Gasteiger partial charge in [-0.1, -0.05) is 44.3 Å². The van der Waals surface area contributed by atoms with Crippen LogP contribution < -0.4 is 0 Å². The van der Waals surface area contributed by atoms with Gasteiger partial charge in [0.25, 0.3) is 5.60 Å². The number of hydrogen-bond donors (Lipinski definition) is 1. The second-order valence-corrected chi connectivity index (χ2v) is 9.69. The van der Waals surface area contributed by atoms with E-state index in [1.165, 1.54) is 12.5 Å². The molecular weight excluding hydrogens is 501 g/mol. The van der Waals surface area contributed by atoms with Crippen LogP contribution in [0, 0.1) is 23.7 Å². The fraction of sp³-hybridized carbons (Fsp3) is 0.826. The normalized spacial score (nSPS) is 24.6. The molecule has 0 saturated heterocycles. The third-order valence-corrected chi connectivity index (χ3v) is 7.41. The van der Waals surface area contributed by atoms with Crippen LogP contribution in [0.15, 0.2) is 24.1 Å². The quantitative estimate of drug-likeness (QED) is 0.245. The highest BCUT2D eigenvalue weighted by atomic mass is 19.4. The first-order chi connectivity index (χ1) is 16.0. The molecule has 1 atom stereocenters. The lowest BCUT2D eigenvalue weighted by molar-refractivity contribution is -0.375. The number of allylic oxidation sites excluding steroid dienone is 3. The minimum Gasteiger partial charge on any atom is -0.374 e. The van der Waals surface area contributed by atoms with Crippen molar-refractivity contribution in [2.45, 2.75) is 94.5 Å². The van der Waals surface area contributed by atoms with Crippen molar-refractivity contribution < 1.29 is 53.4 Å². The highest BCUT2D eigenvalue weighted by molar-refractivity contribution is 5.11. The van der Waals surface area contributed by atoms with E-state index in [1.807, 2.05) is 0 Å². The Hall–Kier alpha value is -1.33. The lowest BCUT2D eigenvalue weighted by atomic mass is 9.71. The van der Waals surface area contributed by atoms with Crippen LogP contribution in [0.25, 0.3) is 0 Å². The van der Waals surface area contributed by atoms with Crippen molar-refractivity contribution in [3.05, 3.63) is 24.1 Å². The van der Waals surface area contributed by atoms with E-state index in [1.54, 1.807) is 0 Å². The highest BCUT2D eigenvalue weighted by Crippen LogP contribution is 2.51. The second kappa shape index (κ2) is 11.4. The van der Waals surface area contributed by atoms with Gasteiger partial charge in [0.15, 0.2) is 0 Å². The van der Waals surface area contributed by atoms with Gasteiger partial charge in [0.1, 0.15) is 0 Å². The Bertz CT molecular complexity index is 722. The molecule has 12 heteroatoms. The van der Waals surface area contributed by atoms with Crippen molar-refractivity contribution in [2.75, 3.05) is 0 Å². The van der Waals surface area contributed by atoms with Crippen LogP contribution >= 0.6 is 0 Å². The van der Waals surface area contributed by atoms with Crippen LogP contribution in [0.1, 0.15) is 70.6 Å². The summed E-state index contributed by atoms with van der Waals surface area (Å²) in [7, 11) is 0. The fourth-order valence-electron chi connectivity index (χ4n) is 5.26. The van der Waals surface area contributed by atoms with Crippen molar-refractivity contribution in [1.82, 2.24) is 0 Å². The zero-order valence-electron chi connectivity index (χ0n) is 18.8. The summed E-state index contributed by atoms with van der Waals surface area (Å²) < 4.78 is 145. The average molecular weight is 530 g/mol. The van der Waals surface area contributed by atoms with Gasteiger partial charge in [-0.2, -0.15) is 48.3 Å². The first-order valence-corrected chi connectivity index (χ1v) is 11.6. The SMILES string of the molecule is OC(CC(CC=CC1CCC(C2CCCCC2)CC1)C(F)(F)C(F)=C(F)F)(C(F)(F)F)C(F)(F)F. The van der Waals surface area contributed by atoms with E-state index < -0.39 is 54.5 Å². The van der Waals surface area contributed by atoms with Crippen molar-refractivity contribution in [1.29, 1.82) is 0 Å². The van der Waals surface area contributed by atoms with Crippen molar-refractivity contribution in [3.63, 3.8) is 0 Å². The van der Waals surface area contributed by atoms with Gasteiger partial charge in [-0.3, -0.25) is 0 Å². The zero-order chi connectivity index (χ0) is 26.7. The van der Waals surface area contributed by atoms with E-state index >= 15 is 0 Å². The molecule has 0 radical (unpaired) electrons. The van der Waals surface area contributed by atoms with Crippen LogP contribution in [0.2, 0.25) is 0 Å². The van der Waals surface area contributed by atoms with E-state index in [0.29, 0.717) is 24.7 Å². The first-order valence-electron chi connectivity index (χ1n) is 11.6. The minimum absolute atomic E-state index is 0.175. The van der Waals surface area contributed by atoms with Gasteiger partial charge in [-0.25, -0.2) is 0 Å². The van der Waals surface area contributed by atoms with Gasteiger partial charge in [0.05, 0.1) is 0 Å². The van der Waals surface area contributed by atoms with Crippen molar-refractivity contribution in [3.8, 4) is 0 Å². The number of rotatable bonds is 8. The summed E-state index contributed by atoms with van der Waals surface area (Å²) in [4.78, 5) is 0. The smallest absolute Gasteiger partial charge is 0.374 e. The Labute approximate surface area is 196 Å². The summed E-state index contributed by atoms with van der Waals surface area (Å²) in [6.45, 7) is 0. The predicted octanol–water partition coefficient (Wildman–Crippen LogP) is 8.89. The van der Waals surface area contributed by atoms with E-state index in [-0.39, 0.29) is 5.92 Å². The van der Waals surface area contributed by atoms with Gasteiger partial charge in [0.2, 0.25) is 5.83 Å². The maximum Gasteiger partial charge on any atom is 0.426 e. The highest BCUT2D eigenvalue weighted by Gasteiger charge is 2.72. The molecule has 2 rings (SSSR count). The van der Waals surface area contributed by atoms with Gasteiger partial charge in [-0.05, 0) is 49.9 Å². The molecule has 0 aromatic rings. The molecule has 0 heterocycles. The molecule has 204 valence electrons. The largest absolute Gasteiger partial charge is 0.426 e. The first kappa shape index (κ1) is 29.9. The van der Waals surface area contributed by atoms with E-state index in [2.05, 4.69) is 0 Å². The van der Waals surface area contributed by atoms with Crippen molar-refractivity contribution in [2.24, 2.45) is 23.7 Å². The average Bonchev–Trinajstić information content (AvgIpc) is 2.77. The summed E-state index contributed by atoms with van der Waals surface area (Å²) in [5.74, 6) is -11.1. The molecule has 1 nitrogen and oxygen atoms in total. The summed E-state index contributed by atoms with van der Waals surface area (Å²) in [5, 5.41) is 9.31. The Morgan fingerprint density at radius 3 is 1.69 bits per heavy atom. The molecule has 0 bridgehead atoms. The molecule has 0 spiro atoms. The predicted molar refractivity (Wildman–Crippen MR) is 106 cm³/mol. The van der Waals surface area contributed by atoms with E-state index in [0.717, 1.165) is 44.6 Å². The van der Waals surface area contributed by atoms with E-state index in [4.69, 9.17) is 0 Å². The van der Waals surface area contributed by atoms with Crippen molar-refractivity contribution >= 4 is 0 Å². The lowest BCUT2D eigenvalue weighted by Crippen LogP contribution is -2.59. The maximum absolute atomic E-state index is 14.3. The summed E-state index contributed by atoms with van der Waals surface area (Å²) in [6, 6.07) is 0. The summed E-state index contributed by atoms with van der Waals surface area (Å²) in [5.41, 5.74) is -5.63. The van der Waals surface area contributed by atoms with Crippen LogP contribution in [-0.2, 0) is 0 Å². The standard InChI is InChI=1S/C23H29F11O/c24-18(19(25)26)21(27,28)17(13-20(35,22(29,30)31)23(32,33)34)8-4-5-14-9-11-16(12-10-14)15-6-2-1-3-7-15/h4-5,14-17,35H,1-3,6-13H2. The lowest BCUT2D eigenvalue weighted by Gasteiger charge is -2.37. The third-order valence-electron chi connectivity index (χ3n) is 7.41. The topological polar surface area (TPSA) is 20.2 Å². The number of aliphatic hydroxyl groups is 1. The molecule has 0 aliphatic heterocycles. The maximum atomic E-state index is 14.3. The molecule has 2 aliphatic carbocycles. The number of hydrogen-bond acceptors (Lipinski definition) is 1. The van der Waals surface area contributed by atoms with Crippen LogP contribution in [0.5, 0.6) is 0 Å². The molecular formula is C23H29F11O. The monoisotopic (exact) mass is 530 g/mol. The van der Waals surface area contributed by atoms with Crippen LogP contribution in [0.4, 0.5) is 48.3 Å². The molecule has 2 saturated carbocycles.